The van der Waals surface area contributed by atoms with Crippen molar-refractivity contribution in [2.75, 3.05) is 24.6 Å². The number of amides is 3. The number of benzene rings is 1. The van der Waals surface area contributed by atoms with Gasteiger partial charge in [-0.2, -0.15) is 0 Å². The van der Waals surface area contributed by atoms with E-state index in [0.29, 0.717) is 31.1 Å². The fourth-order valence-corrected chi connectivity index (χ4v) is 4.67. The van der Waals surface area contributed by atoms with Gasteiger partial charge >= 0.3 is 0 Å². The summed E-state index contributed by atoms with van der Waals surface area (Å²) in [5.74, 6) is 0.351. The average Bonchev–Trinajstić information content (AvgIpc) is 3.38. The molecular formula is C22H25N3O4S. The van der Waals surface area contributed by atoms with Crippen molar-refractivity contribution in [3.63, 3.8) is 0 Å². The van der Waals surface area contributed by atoms with E-state index in [0.717, 1.165) is 17.7 Å². The van der Waals surface area contributed by atoms with Crippen molar-refractivity contribution in [3.05, 3.63) is 46.7 Å². The summed E-state index contributed by atoms with van der Waals surface area (Å²) < 4.78 is 5.42. The molecule has 1 aromatic carbocycles. The van der Waals surface area contributed by atoms with Gasteiger partial charge in [0, 0.05) is 19.1 Å². The number of thiophene rings is 1. The summed E-state index contributed by atoms with van der Waals surface area (Å²) in [6.45, 7) is 3.75. The van der Waals surface area contributed by atoms with Crippen molar-refractivity contribution in [2.45, 2.75) is 38.3 Å². The first-order chi connectivity index (χ1) is 14.6. The van der Waals surface area contributed by atoms with Gasteiger partial charge in [-0.3, -0.25) is 14.4 Å². The lowest BCUT2D eigenvalue weighted by Crippen LogP contribution is -2.49. The number of carbonyl (C=O) groups excluding carboxylic acids is 3. The van der Waals surface area contributed by atoms with Gasteiger partial charge in [-0.15, -0.1) is 11.3 Å². The highest BCUT2D eigenvalue weighted by Gasteiger charge is 2.40. The minimum absolute atomic E-state index is 0.0669. The number of rotatable bonds is 6. The predicted molar refractivity (Wildman–Crippen MR) is 115 cm³/mol. The molecule has 3 heterocycles. The first kappa shape index (κ1) is 20.6. The van der Waals surface area contributed by atoms with Crippen molar-refractivity contribution in [3.8, 4) is 5.75 Å². The van der Waals surface area contributed by atoms with Crippen molar-refractivity contribution < 1.29 is 19.1 Å². The number of imide groups is 1. The van der Waals surface area contributed by atoms with Gasteiger partial charge in [0.2, 0.25) is 5.91 Å². The zero-order valence-corrected chi connectivity index (χ0v) is 17.7. The summed E-state index contributed by atoms with van der Waals surface area (Å²) in [4.78, 5) is 41.7. The average molecular weight is 428 g/mol. The second kappa shape index (κ2) is 8.97. The van der Waals surface area contributed by atoms with Crippen LogP contribution in [0.3, 0.4) is 0 Å². The van der Waals surface area contributed by atoms with E-state index in [9.17, 15) is 14.4 Å². The Hall–Kier alpha value is -2.71. The van der Waals surface area contributed by atoms with E-state index in [-0.39, 0.29) is 30.2 Å². The molecule has 2 saturated heterocycles. The largest absolute Gasteiger partial charge is 0.494 e. The summed E-state index contributed by atoms with van der Waals surface area (Å²) in [5.41, 5.74) is 0.564. The van der Waals surface area contributed by atoms with Crippen LogP contribution in [-0.4, -0.2) is 54.4 Å². The molecule has 1 unspecified atom stereocenters. The normalized spacial score (nSPS) is 20.1. The third kappa shape index (κ3) is 4.24. The minimum Gasteiger partial charge on any atom is -0.494 e. The predicted octanol–water partition coefficient (Wildman–Crippen LogP) is 2.67. The maximum absolute atomic E-state index is 12.9. The summed E-state index contributed by atoms with van der Waals surface area (Å²) in [7, 11) is 0. The number of nitrogens with zero attached hydrogens (tertiary/aromatic N) is 2. The summed E-state index contributed by atoms with van der Waals surface area (Å²) in [6, 6.07) is 10.3. The number of likely N-dealkylation sites (tertiary alicyclic amines) is 1. The molecule has 1 aromatic heterocycles. The van der Waals surface area contributed by atoms with Crippen LogP contribution in [0.5, 0.6) is 5.75 Å². The second-order valence-corrected chi connectivity index (χ2v) is 8.41. The molecule has 30 heavy (non-hydrogen) atoms. The Kier molecular flexibility index (Phi) is 6.15. The zero-order chi connectivity index (χ0) is 21.1. The molecule has 7 nitrogen and oxygen atoms in total. The van der Waals surface area contributed by atoms with Gasteiger partial charge in [0.25, 0.3) is 11.8 Å². The fraction of sp³-hybridized carbons (Fsp3) is 0.409. The number of ether oxygens (including phenoxy) is 1. The molecule has 3 amide bonds. The molecule has 4 rings (SSSR count). The quantitative estimate of drug-likeness (QED) is 0.717. The van der Waals surface area contributed by atoms with Gasteiger partial charge in [-0.1, -0.05) is 6.07 Å². The van der Waals surface area contributed by atoms with Gasteiger partial charge in [0.05, 0.1) is 29.6 Å². The van der Waals surface area contributed by atoms with Crippen LogP contribution in [0.2, 0.25) is 0 Å². The van der Waals surface area contributed by atoms with Crippen LogP contribution in [0.15, 0.2) is 41.8 Å². The molecule has 2 aliphatic heterocycles. The van der Waals surface area contributed by atoms with Crippen LogP contribution in [0, 0.1) is 0 Å². The van der Waals surface area contributed by atoms with Crippen LogP contribution < -0.4 is 15.0 Å². The third-order valence-corrected chi connectivity index (χ3v) is 6.36. The van der Waals surface area contributed by atoms with Crippen molar-refractivity contribution in [2.24, 2.45) is 0 Å². The lowest BCUT2D eigenvalue weighted by Gasteiger charge is -2.33. The maximum atomic E-state index is 12.9. The summed E-state index contributed by atoms with van der Waals surface area (Å²) >= 11 is 1.45. The molecule has 0 radical (unpaired) electrons. The summed E-state index contributed by atoms with van der Waals surface area (Å²) in [6.07, 6.45) is 1.68. The Morgan fingerprint density at radius 1 is 1.17 bits per heavy atom. The van der Waals surface area contributed by atoms with E-state index in [1.54, 1.807) is 24.3 Å². The number of carbonyl (C=O) groups is 3. The van der Waals surface area contributed by atoms with E-state index < -0.39 is 6.04 Å². The van der Waals surface area contributed by atoms with Crippen molar-refractivity contribution in [1.82, 2.24) is 10.2 Å². The van der Waals surface area contributed by atoms with Crippen molar-refractivity contribution in [1.29, 1.82) is 0 Å². The van der Waals surface area contributed by atoms with Crippen LogP contribution in [-0.2, 0) is 9.59 Å². The summed E-state index contributed by atoms with van der Waals surface area (Å²) in [5, 5.41) is 5.25. The Morgan fingerprint density at radius 2 is 1.90 bits per heavy atom. The smallest absolute Gasteiger partial charge is 0.263 e. The van der Waals surface area contributed by atoms with Gasteiger partial charge < -0.3 is 15.0 Å². The molecule has 2 aliphatic rings. The van der Waals surface area contributed by atoms with Gasteiger partial charge in [0.1, 0.15) is 5.75 Å². The molecule has 0 saturated carbocycles. The Balaban J connectivity index is 1.33. The van der Waals surface area contributed by atoms with Gasteiger partial charge in [-0.05, 0) is 55.5 Å². The molecule has 1 atom stereocenters. The highest BCUT2D eigenvalue weighted by atomic mass is 32.1. The molecule has 2 aromatic rings. The van der Waals surface area contributed by atoms with Gasteiger partial charge in [-0.25, -0.2) is 4.90 Å². The monoisotopic (exact) mass is 427 g/mol. The molecule has 8 heteroatoms. The number of hydrogen-bond acceptors (Lipinski definition) is 6. The third-order valence-electron chi connectivity index (χ3n) is 5.50. The molecular weight excluding hydrogens is 402 g/mol. The van der Waals surface area contributed by atoms with E-state index in [4.69, 9.17) is 4.74 Å². The first-order valence-electron chi connectivity index (χ1n) is 10.3. The molecule has 1 N–H and O–H groups in total. The van der Waals surface area contributed by atoms with Crippen LogP contribution in [0.1, 0.15) is 35.9 Å². The van der Waals surface area contributed by atoms with Crippen LogP contribution in [0.4, 0.5) is 5.69 Å². The highest BCUT2D eigenvalue weighted by Crippen LogP contribution is 2.26. The number of piperidine rings is 1. The van der Waals surface area contributed by atoms with Crippen LogP contribution in [0.25, 0.3) is 0 Å². The SMILES string of the molecule is CCOc1ccc(N2C(=O)CC(NC3CCN(C(=O)c4cccs4)CC3)C2=O)cc1. The van der Waals surface area contributed by atoms with E-state index in [1.165, 1.54) is 16.2 Å². The molecule has 0 bridgehead atoms. The van der Waals surface area contributed by atoms with E-state index >= 15 is 0 Å². The van der Waals surface area contributed by atoms with Gasteiger partial charge in [0.15, 0.2) is 0 Å². The molecule has 2 fully saturated rings. The second-order valence-electron chi connectivity index (χ2n) is 7.46. The van der Waals surface area contributed by atoms with E-state index in [2.05, 4.69) is 5.32 Å². The minimum atomic E-state index is -0.520. The topological polar surface area (TPSA) is 79.0 Å². The fourth-order valence-electron chi connectivity index (χ4n) is 3.98. The lowest BCUT2D eigenvalue weighted by molar-refractivity contribution is -0.121. The molecule has 0 spiro atoms. The maximum Gasteiger partial charge on any atom is 0.263 e. The number of anilines is 1. The molecule has 158 valence electrons. The Bertz CT molecular complexity index is 905. The number of nitrogens with one attached hydrogen (secondary N) is 1. The first-order valence-corrected chi connectivity index (χ1v) is 11.1. The standard InChI is InChI=1S/C22H25N3O4S/c1-2-29-17-7-5-16(6-8-17)25-20(26)14-18(21(25)27)23-15-9-11-24(12-10-15)22(28)19-4-3-13-30-19/h3-8,13,15,18,23H,2,9-12,14H2,1H3. The Morgan fingerprint density at radius 3 is 2.53 bits per heavy atom. The van der Waals surface area contributed by atoms with Crippen molar-refractivity contribution >= 4 is 34.7 Å². The van der Waals surface area contributed by atoms with Crippen LogP contribution >= 0.6 is 11.3 Å². The number of hydrogen-bond donors (Lipinski definition) is 1. The highest BCUT2D eigenvalue weighted by molar-refractivity contribution is 7.12. The molecule has 0 aliphatic carbocycles. The Labute approximate surface area is 179 Å². The van der Waals surface area contributed by atoms with E-state index in [1.807, 2.05) is 29.3 Å². The zero-order valence-electron chi connectivity index (χ0n) is 16.9. The lowest BCUT2D eigenvalue weighted by atomic mass is 10.0.